The Hall–Kier alpha value is -1.01. The predicted molar refractivity (Wildman–Crippen MR) is 112 cm³/mol. The third-order valence-corrected chi connectivity index (χ3v) is 14.2. The van der Waals surface area contributed by atoms with Gasteiger partial charge in [-0.25, -0.2) is 0 Å². The van der Waals surface area contributed by atoms with E-state index in [-0.39, 0.29) is 10.1 Å². The largest absolute Gasteiger partial charge is 0.541 e. The van der Waals surface area contributed by atoms with Crippen molar-refractivity contribution in [2.45, 2.75) is 77.8 Å². The minimum atomic E-state index is -1.96. The molecule has 0 aromatic heterocycles. The van der Waals surface area contributed by atoms with E-state index in [2.05, 4.69) is 74.3 Å². The van der Waals surface area contributed by atoms with E-state index >= 15 is 0 Å². The molecule has 1 aromatic carbocycles. The van der Waals surface area contributed by atoms with Gasteiger partial charge in [0.05, 0.1) is 0 Å². The fourth-order valence-corrected chi connectivity index (χ4v) is 3.77. The van der Waals surface area contributed by atoms with Crippen LogP contribution in [0, 0.1) is 0 Å². The molecule has 2 nitrogen and oxygen atoms in total. The lowest BCUT2D eigenvalue weighted by atomic mass is 10.2. The van der Waals surface area contributed by atoms with E-state index in [1.54, 1.807) is 0 Å². The summed E-state index contributed by atoms with van der Waals surface area (Å²) in [6.07, 6.45) is 1.86. The van der Waals surface area contributed by atoms with Crippen LogP contribution < -0.4 is 8.85 Å². The highest BCUT2D eigenvalue weighted by Gasteiger charge is 2.42. The van der Waals surface area contributed by atoms with Gasteiger partial charge in [-0.1, -0.05) is 66.3 Å². The van der Waals surface area contributed by atoms with Crippen LogP contribution in [0.2, 0.25) is 36.3 Å². The van der Waals surface area contributed by atoms with Gasteiger partial charge in [0.15, 0.2) is 5.75 Å². The summed E-state index contributed by atoms with van der Waals surface area (Å²) in [5.41, 5.74) is 1.01. The molecule has 136 valence electrons. The molecule has 0 bridgehead atoms. The van der Waals surface area contributed by atoms with E-state index in [9.17, 15) is 0 Å². The monoisotopic (exact) mass is 364 g/mol. The normalized spacial score (nSPS) is 13.6. The predicted octanol–water partition coefficient (Wildman–Crippen LogP) is 7.10. The molecule has 0 heterocycles. The van der Waals surface area contributed by atoms with Crippen LogP contribution in [0.4, 0.5) is 0 Å². The number of hydrogen-bond donors (Lipinski definition) is 0. The SMILES string of the molecule is C=Cc1cccc(O[Si](C)(C)C(C)(C)C)c1O[Si](C)(C)C(C)(C)C. The second-order valence-electron chi connectivity index (χ2n) is 9.60. The van der Waals surface area contributed by atoms with E-state index in [0.717, 1.165) is 17.1 Å². The average Bonchev–Trinajstić information content (AvgIpc) is 2.37. The fourth-order valence-electron chi connectivity index (χ4n) is 1.72. The van der Waals surface area contributed by atoms with E-state index in [1.165, 1.54) is 0 Å². The van der Waals surface area contributed by atoms with Gasteiger partial charge in [0.25, 0.3) is 16.6 Å². The van der Waals surface area contributed by atoms with Gasteiger partial charge in [-0.2, -0.15) is 0 Å². The topological polar surface area (TPSA) is 18.5 Å². The van der Waals surface area contributed by atoms with Gasteiger partial charge in [-0.15, -0.1) is 0 Å². The molecule has 0 radical (unpaired) electrons. The number of rotatable bonds is 5. The summed E-state index contributed by atoms with van der Waals surface area (Å²) >= 11 is 0. The van der Waals surface area contributed by atoms with Crippen molar-refractivity contribution < 1.29 is 8.85 Å². The van der Waals surface area contributed by atoms with Crippen LogP contribution in [-0.4, -0.2) is 16.6 Å². The van der Waals surface area contributed by atoms with Gasteiger partial charge < -0.3 is 8.85 Å². The second-order valence-corrected chi connectivity index (χ2v) is 19.1. The Kier molecular flexibility index (Phi) is 5.89. The molecule has 0 saturated carbocycles. The van der Waals surface area contributed by atoms with E-state index < -0.39 is 16.6 Å². The molecule has 0 unspecified atom stereocenters. The molecular weight excluding hydrogens is 328 g/mol. The van der Waals surface area contributed by atoms with Gasteiger partial charge in [0.2, 0.25) is 0 Å². The van der Waals surface area contributed by atoms with Crippen molar-refractivity contribution >= 4 is 22.7 Å². The van der Waals surface area contributed by atoms with Crippen LogP contribution in [0.5, 0.6) is 11.5 Å². The smallest absolute Gasteiger partial charge is 0.250 e. The van der Waals surface area contributed by atoms with Crippen LogP contribution in [0.3, 0.4) is 0 Å². The summed E-state index contributed by atoms with van der Waals surface area (Å²) in [6, 6.07) is 6.11. The molecule has 4 heteroatoms. The number of hydrogen-bond acceptors (Lipinski definition) is 2. The summed E-state index contributed by atoms with van der Waals surface area (Å²) in [5, 5.41) is 0.279. The maximum absolute atomic E-state index is 6.64. The lowest BCUT2D eigenvalue weighted by Crippen LogP contribution is -2.46. The Morgan fingerprint density at radius 3 is 1.71 bits per heavy atom. The van der Waals surface area contributed by atoms with Gasteiger partial charge in [-0.05, 0) is 42.3 Å². The lowest BCUT2D eigenvalue weighted by molar-refractivity contribution is 0.440. The van der Waals surface area contributed by atoms with E-state index in [4.69, 9.17) is 8.85 Å². The fraction of sp³-hybridized carbons (Fsp3) is 0.600. The molecule has 0 N–H and O–H groups in total. The molecule has 0 spiro atoms. The van der Waals surface area contributed by atoms with Gasteiger partial charge in [0.1, 0.15) is 5.75 Å². The first-order valence-electron chi connectivity index (χ1n) is 8.76. The molecule has 0 aliphatic rings. The van der Waals surface area contributed by atoms with Crippen molar-refractivity contribution in [2.24, 2.45) is 0 Å². The Bertz CT molecular complexity index is 591. The first kappa shape index (κ1) is 21.0. The first-order valence-corrected chi connectivity index (χ1v) is 14.6. The molecule has 1 rings (SSSR count). The zero-order valence-electron chi connectivity index (χ0n) is 17.3. The Labute approximate surface area is 151 Å². The van der Waals surface area contributed by atoms with Crippen molar-refractivity contribution in [3.8, 4) is 11.5 Å². The zero-order valence-corrected chi connectivity index (χ0v) is 19.3. The zero-order chi connectivity index (χ0) is 19.0. The molecule has 1 aromatic rings. The Balaban J connectivity index is 3.37. The van der Waals surface area contributed by atoms with Crippen molar-refractivity contribution in [2.75, 3.05) is 0 Å². The number of para-hydroxylation sites is 1. The Morgan fingerprint density at radius 1 is 0.833 bits per heavy atom. The van der Waals surface area contributed by atoms with E-state index in [1.807, 2.05) is 24.3 Å². The van der Waals surface area contributed by atoms with Crippen LogP contribution >= 0.6 is 0 Å². The highest BCUT2D eigenvalue weighted by molar-refractivity contribution is 6.75. The lowest BCUT2D eigenvalue weighted by Gasteiger charge is -2.40. The Morgan fingerprint density at radius 2 is 1.29 bits per heavy atom. The summed E-state index contributed by atoms with van der Waals surface area (Å²) in [4.78, 5) is 0. The van der Waals surface area contributed by atoms with Crippen molar-refractivity contribution in [3.63, 3.8) is 0 Å². The van der Waals surface area contributed by atoms with E-state index in [0.29, 0.717) is 0 Å². The molecular formula is C20H36O2Si2. The summed E-state index contributed by atoms with van der Waals surface area (Å²) < 4.78 is 13.2. The quantitative estimate of drug-likeness (QED) is 0.519. The van der Waals surface area contributed by atoms with Crippen LogP contribution in [0.15, 0.2) is 24.8 Å². The average molecular weight is 365 g/mol. The summed E-state index contributed by atoms with van der Waals surface area (Å²) in [7, 11) is -3.89. The highest BCUT2D eigenvalue weighted by atomic mass is 28.4. The summed E-state index contributed by atoms with van der Waals surface area (Å²) in [6.45, 7) is 26.6. The van der Waals surface area contributed by atoms with Gasteiger partial charge >= 0.3 is 0 Å². The standard InChI is InChI=1S/C20H36O2Si2/c1-12-16-14-13-15-17(21-23(8,9)19(2,3)4)18(16)22-24(10,11)20(5,6)7/h12-15H,1H2,2-11H3. The van der Waals surface area contributed by atoms with Crippen molar-refractivity contribution in [1.82, 2.24) is 0 Å². The minimum Gasteiger partial charge on any atom is -0.541 e. The minimum absolute atomic E-state index is 0.134. The molecule has 0 saturated heterocycles. The van der Waals surface area contributed by atoms with Gasteiger partial charge in [-0.3, -0.25) is 0 Å². The third-order valence-electron chi connectivity index (χ3n) is 5.56. The first-order chi connectivity index (χ1) is 10.6. The maximum atomic E-state index is 6.64. The highest BCUT2D eigenvalue weighted by Crippen LogP contribution is 2.44. The van der Waals surface area contributed by atoms with Crippen molar-refractivity contribution in [3.05, 3.63) is 30.3 Å². The molecule has 24 heavy (non-hydrogen) atoms. The number of benzene rings is 1. The maximum Gasteiger partial charge on any atom is 0.250 e. The summed E-state index contributed by atoms with van der Waals surface area (Å²) in [5.74, 6) is 1.73. The van der Waals surface area contributed by atoms with Gasteiger partial charge in [0, 0.05) is 5.56 Å². The molecule has 0 amide bonds. The molecule has 0 fully saturated rings. The molecule has 0 aliphatic heterocycles. The molecule has 0 atom stereocenters. The van der Waals surface area contributed by atoms with Crippen LogP contribution in [-0.2, 0) is 0 Å². The van der Waals surface area contributed by atoms with Crippen molar-refractivity contribution in [1.29, 1.82) is 0 Å². The molecule has 0 aliphatic carbocycles. The third kappa shape index (κ3) is 4.54. The second kappa shape index (κ2) is 6.72. The van der Waals surface area contributed by atoms with Crippen LogP contribution in [0.1, 0.15) is 47.1 Å². The van der Waals surface area contributed by atoms with Crippen LogP contribution in [0.25, 0.3) is 6.08 Å².